The predicted octanol–water partition coefficient (Wildman–Crippen LogP) is 4.18. The molecule has 0 fully saturated rings. The van der Waals surface area contributed by atoms with E-state index in [0.29, 0.717) is 28.1 Å². The van der Waals surface area contributed by atoms with Crippen LogP contribution in [0.3, 0.4) is 0 Å². The Kier molecular flexibility index (Phi) is 4.56. The van der Waals surface area contributed by atoms with E-state index in [4.69, 9.17) is 16.0 Å². The van der Waals surface area contributed by atoms with Gasteiger partial charge in [0.2, 0.25) is 11.8 Å². The summed E-state index contributed by atoms with van der Waals surface area (Å²) in [7, 11) is 0. The molecule has 4 aromatic rings. The summed E-state index contributed by atoms with van der Waals surface area (Å²) < 4.78 is 5.30. The van der Waals surface area contributed by atoms with E-state index in [2.05, 4.69) is 20.5 Å². The number of fused-ring (bicyclic) bond motifs is 1. The van der Waals surface area contributed by atoms with Gasteiger partial charge >= 0.3 is 0 Å². The first-order valence-corrected chi connectivity index (χ1v) is 8.71. The summed E-state index contributed by atoms with van der Waals surface area (Å²) in [6.07, 6.45) is 0. The lowest BCUT2D eigenvalue weighted by atomic mass is 10.0. The number of aryl methyl sites for hydroxylation is 1. The molecule has 0 unspecified atom stereocenters. The van der Waals surface area contributed by atoms with Crippen molar-refractivity contribution in [2.24, 2.45) is 0 Å². The number of nitrogens with zero attached hydrogens (tertiary/aromatic N) is 3. The lowest BCUT2D eigenvalue weighted by Crippen LogP contribution is -2.23. The molecule has 0 spiro atoms. The van der Waals surface area contributed by atoms with Gasteiger partial charge in [0, 0.05) is 22.9 Å². The topological polar surface area (TPSA) is 80.9 Å². The first kappa shape index (κ1) is 17.2. The summed E-state index contributed by atoms with van der Waals surface area (Å²) in [6, 6.07) is 16.7. The van der Waals surface area contributed by atoms with Gasteiger partial charge in [-0.3, -0.25) is 4.79 Å². The summed E-state index contributed by atoms with van der Waals surface area (Å²) in [6.45, 7) is 1.86. The van der Waals surface area contributed by atoms with E-state index < -0.39 is 0 Å². The number of hydrogen-bond donors (Lipinski definition) is 1. The quantitative estimate of drug-likeness (QED) is 0.576. The van der Waals surface area contributed by atoms with Crippen LogP contribution in [-0.2, 0) is 6.54 Å². The predicted molar refractivity (Wildman–Crippen MR) is 102 cm³/mol. The number of halogens is 1. The van der Waals surface area contributed by atoms with Crippen LogP contribution in [0.2, 0.25) is 5.02 Å². The van der Waals surface area contributed by atoms with Gasteiger partial charge in [-0.15, -0.1) is 10.2 Å². The Morgan fingerprint density at radius 3 is 2.63 bits per heavy atom. The van der Waals surface area contributed by atoms with Crippen LogP contribution >= 0.6 is 11.6 Å². The highest BCUT2D eigenvalue weighted by Crippen LogP contribution is 2.26. The van der Waals surface area contributed by atoms with Gasteiger partial charge in [0.25, 0.3) is 5.91 Å². The van der Waals surface area contributed by atoms with Crippen LogP contribution in [0.4, 0.5) is 0 Å². The molecule has 6 nitrogen and oxygen atoms in total. The van der Waals surface area contributed by atoms with Crippen molar-refractivity contribution in [3.8, 4) is 11.3 Å². The van der Waals surface area contributed by atoms with E-state index in [9.17, 15) is 4.79 Å². The third-order valence-electron chi connectivity index (χ3n) is 4.07. The summed E-state index contributed by atoms with van der Waals surface area (Å²) in [4.78, 5) is 17.5. The summed E-state index contributed by atoms with van der Waals surface area (Å²) in [5, 5.41) is 11.9. The van der Waals surface area contributed by atoms with Gasteiger partial charge in [0.15, 0.2) is 0 Å². The largest absolute Gasteiger partial charge is 0.424 e. The first-order chi connectivity index (χ1) is 13.1. The van der Waals surface area contributed by atoms with Gasteiger partial charge < -0.3 is 9.73 Å². The zero-order chi connectivity index (χ0) is 18.8. The number of carbonyl (C=O) groups is 1. The molecular formula is C20H15ClN4O2. The monoisotopic (exact) mass is 378 g/mol. The maximum absolute atomic E-state index is 12.8. The molecule has 27 heavy (non-hydrogen) atoms. The third kappa shape index (κ3) is 3.66. The maximum atomic E-state index is 12.8. The minimum Gasteiger partial charge on any atom is -0.424 e. The van der Waals surface area contributed by atoms with Crippen LogP contribution in [0.5, 0.6) is 0 Å². The van der Waals surface area contributed by atoms with Crippen LogP contribution < -0.4 is 5.32 Å². The molecule has 1 N–H and O–H groups in total. The van der Waals surface area contributed by atoms with Gasteiger partial charge in [-0.2, -0.15) is 0 Å². The van der Waals surface area contributed by atoms with Crippen molar-refractivity contribution in [2.75, 3.05) is 0 Å². The van der Waals surface area contributed by atoms with E-state index in [1.165, 1.54) is 0 Å². The molecule has 4 rings (SSSR count). The van der Waals surface area contributed by atoms with Crippen molar-refractivity contribution >= 4 is 28.4 Å². The Morgan fingerprint density at radius 1 is 1.11 bits per heavy atom. The smallest absolute Gasteiger partial charge is 0.252 e. The van der Waals surface area contributed by atoms with Crippen molar-refractivity contribution in [1.29, 1.82) is 0 Å². The average molecular weight is 379 g/mol. The molecule has 0 atom stereocenters. The lowest BCUT2D eigenvalue weighted by molar-refractivity contribution is 0.0948. The van der Waals surface area contributed by atoms with Crippen LogP contribution in [-0.4, -0.2) is 21.1 Å². The van der Waals surface area contributed by atoms with Crippen molar-refractivity contribution < 1.29 is 9.21 Å². The van der Waals surface area contributed by atoms with Crippen LogP contribution in [0.15, 0.2) is 59.0 Å². The standard InChI is InChI=1S/C20H15ClN4O2/c1-12-24-25-19(27-12)11-22-20(26)16-10-18(13-6-8-14(21)9-7-13)23-17-5-3-2-4-15(16)17/h2-10H,11H2,1H3,(H,22,26). The van der Waals surface area contributed by atoms with E-state index in [0.717, 1.165) is 16.5 Å². The molecule has 2 aromatic carbocycles. The van der Waals surface area contributed by atoms with Gasteiger partial charge in [-0.05, 0) is 24.3 Å². The Hall–Kier alpha value is -3.25. The number of hydrogen-bond acceptors (Lipinski definition) is 5. The zero-order valence-corrected chi connectivity index (χ0v) is 15.2. The van der Waals surface area contributed by atoms with E-state index in [1.807, 2.05) is 36.4 Å². The molecule has 0 saturated carbocycles. The molecule has 0 saturated heterocycles. The number of nitrogens with one attached hydrogen (secondary N) is 1. The molecule has 1 amide bonds. The number of pyridine rings is 1. The van der Waals surface area contributed by atoms with Crippen molar-refractivity contribution in [2.45, 2.75) is 13.5 Å². The molecule has 0 aliphatic carbocycles. The second kappa shape index (κ2) is 7.17. The average Bonchev–Trinajstić information content (AvgIpc) is 3.11. The molecule has 0 bridgehead atoms. The molecule has 0 radical (unpaired) electrons. The Morgan fingerprint density at radius 2 is 1.89 bits per heavy atom. The number of amides is 1. The Labute approximate surface area is 160 Å². The summed E-state index contributed by atoms with van der Waals surface area (Å²) in [5.74, 6) is 0.579. The minimum absolute atomic E-state index is 0.159. The number of para-hydroxylation sites is 1. The van der Waals surface area contributed by atoms with E-state index >= 15 is 0 Å². The second-order valence-corrected chi connectivity index (χ2v) is 6.41. The van der Waals surface area contributed by atoms with Crippen molar-refractivity contribution in [1.82, 2.24) is 20.5 Å². The highest BCUT2D eigenvalue weighted by Gasteiger charge is 2.15. The molecule has 2 heterocycles. The van der Waals surface area contributed by atoms with Crippen molar-refractivity contribution in [3.63, 3.8) is 0 Å². The molecule has 0 aliphatic heterocycles. The Bertz CT molecular complexity index is 1120. The summed E-state index contributed by atoms with van der Waals surface area (Å²) in [5.41, 5.74) is 2.85. The van der Waals surface area contributed by atoms with Crippen LogP contribution in [0, 0.1) is 6.92 Å². The fourth-order valence-corrected chi connectivity index (χ4v) is 2.92. The van der Waals surface area contributed by atoms with E-state index in [-0.39, 0.29) is 12.5 Å². The fourth-order valence-electron chi connectivity index (χ4n) is 2.79. The second-order valence-electron chi connectivity index (χ2n) is 5.98. The van der Waals surface area contributed by atoms with Gasteiger partial charge in [0.05, 0.1) is 23.3 Å². The fraction of sp³-hybridized carbons (Fsp3) is 0.100. The molecule has 2 aromatic heterocycles. The highest BCUT2D eigenvalue weighted by molar-refractivity contribution is 6.30. The maximum Gasteiger partial charge on any atom is 0.252 e. The van der Waals surface area contributed by atoms with Crippen molar-refractivity contribution in [3.05, 3.63) is 77.0 Å². The number of rotatable bonds is 4. The van der Waals surface area contributed by atoms with Crippen LogP contribution in [0.25, 0.3) is 22.2 Å². The summed E-state index contributed by atoms with van der Waals surface area (Å²) >= 11 is 5.97. The number of aromatic nitrogens is 3. The third-order valence-corrected chi connectivity index (χ3v) is 4.32. The van der Waals surface area contributed by atoms with E-state index in [1.54, 1.807) is 25.1 Å². The molecule has 134 valence electrons. The minimum atomic E-state index is -0.236. The van der Waals surface area contributed by atoms with Gasteiger partial charge in [0.1, 0.15) is 0 Å². The van der Waals surface area contributed by atoms with Gasteiger partial charge in [-0.1, -0.05) is 41.9 Å². The number of benzene rings is 2. The zero-order valence-electron chi connectivity index (χ0n) is 14.4. The van der Waals surface area contributed by atoms with Gasteiger partial charge in [-0.25, -0.2) is 4.98 Å². The SMILES string of the molecule is Cc1nnc(CNC(=O)c2cc(-c3ccc(Cl)cc3)nc3ccccc23)o1. The highest BCUT2D eigenvalue weighted by atomic mass is 35.5. The lowest BCUT2D eigenvalue weighted by Gasteiger charge is -2.10. The molecule has 7 heteroatoms. The normalized spacial score (nSPS) is 10.9. The molecular weight excluding hydrogens is 364 g/mol. The first-order valence-electron chi connectivity index (χ1n) is 8.33. The Balaban J connectivity index is 1.71. The van der Waals surface area contributed by atoms with Crippen LogP contribution in [0.1, 0.15) is 22.1 Å². The molecule has 0 aliphatic rings. The number of carbonyl (C=O) groups excluding carboxylic acids is 1.